The van der Waals surface area contributed by atoms with Crippen LogP contribution in [0.2, 0.25) is 0 Å². The van der Waals surface area contributed by atoms with Gasteiger partial charge in [0.15, 0.2) is 15.5 Å². The van der Waals surface area contributed by atoms with E-state index in [1.807, 2.05) is 54.6 Å². The minimum absolute atomic E-state index is 0.0820. The van der Waals surface area contributed by atoms with E-state index in [9.17, 15) is 13.2 Å². The van der Waals surface area contributed by atoms with Gasteiger partial charge in [0.1, 0.15) is 0 Å². The molecule has 7 heteroatoms. The quantitative estimate of drug-likeness (QED) is 0.671. The third-order valence-electron chi connectivity index (χ3n) is 5.44. The van der Waals surface area contributed by atoms with Crippen molar-refractivity contribution in [2.75, 3.05) is 17.2 Å². The molecule has 0 atom stereocenters. The minimum Gasteiger partial charge on any atom is -0.306 e. The van der Waals surface area contributed by atoms with E-state index in [-0.39, 0.29) is 23.1 Å². The van der Waals surface area contributed by atoms with Crippen LogP contribution < -0.4 is 4.90 Å². The van der Waals surface area contributed by atoms with Gasteiger partial charge in [0, 0.05) is 24.2 Å². The second kappa shape index (κ2) is 6.31. The topological polar surface area (TPSA) is 72.3 Å². The van der Waals surface area contributed by atoms with Crippen LogP contribution in [0.1, 0.15) is 27.3 Å². The van der Waals surface area contributed by atoms with Crippen LogP contribution in [0.25, 0.3) is 5.69 Å². The number of sulfone groups is 1. The van der Waals surface area contributed by atoms with Crippen LogP contribution in [0.5, 0.6) is 0 Å². The molecule has 3 aromatic rings. The van der Waals surface area contributed by atoms with Gasteiger partial charge in [0.05, 0.1) is 22.9 Å². The van der Waals surface area contributed by atoms with Crippen LogP contribution in [0.4, 0.5) is 5.69 Å². The van der Waals surface area contributed by atoms with Crippen molar-refractivity contribution in [2.24, 2.45) is 0 Å². The number of hydrogen-bond donors (Lipinski definition) is 0. The first-order chi connectivity index (χ1) is 13.5. The van der Waals surface area contributed by atoms with E-state index in [1.165, 1.54) is 0 Å². The number of carbonyl (C=O) groups excluding carboxylic acids is 1. The average Bonchev–Trinajstić information content (AvgIpc) is 3.29. The van der Waals surface area contributed by atoms with E-state index in [0.29, 0.717) is 18.5 Å². The van der Waals surface area contributed by atoms with Crippen molar-refractivity contribution in [3.8, 4) is 5.69 Å². The molecule has 1 amide bonds. The SMILES string of the molecule is O=C(c1nn(-c2ccccc2)c2c1CS(=O)(=O)CC2)N1CCc2ccccc21. The summed E-state index contributed by atoms with van der Waals surface area (Å²) in [7, 11) is -3.23. The highest BCUT2D eigenvalue weighted by molar-refractivity contribution is 7.90. The van der Waals surface area contributed by atoms with E-state index >= 15 is 0 Å². The van der Waals surface area contributed by atoms with Crippen molar-refractivity contribution in [2.45, 2.75) is 18.6 Å². The van der Waals surface area contributed by atoms with Crippen LogP contribution in [0.3, 0.4) is 0 Å². The highest BCUT2D eigenvalue weighted by Gasteiger charge is 2.35. The summed E-state index contributed by atoms with van der Waals surface area (Å²) >= 11 is 0. The van der Waals surface area contributed by atoms with Crippen LogP contribution in [-0.4, -0.2) is 36.4 Å². The normalized spacial score (nSPS) is 17.2. The zero-order chi connectivity index (χ0) is 19.3. The fraction of sp³-hybridized carbons (Fsp3) is 0.238. The van der Waals surface area contributed by atoms with Crippen molar-refractivity contribution < 1.29 is 13.2 Å². The van der Waals surface area contributed by atoms with Gasteiger partial charge < -0.3 is 4.90 Å². The summed E-state index contributed by atoms with van der Waals surface area (Å²) in [5.74, 6) is -0.280. The molecule has 0 radical (unpaired) electrons. The number of benzene rings is 2. The molecule has 0 aliphatic carbocycles. The van der Waals surface area contributed by atoms with Gasteiger partial charge in [-0.15, -0.1) is 0 Å². The molecule has 0 unspecified atom stereocenters. The largest absolute Gasteiger partial charge is 0.306 e. The second-order valence-electron chi connectivity index (χ2n) is 7.20. The lowest BCUT2D eigenvalue weighted by molar-refractivity contribution is 0.0983. The summed E-state index contributed by atoms with van der Waals surface area (Å²) in [6.07, 6.45) is 1.16. The maximum atomic E-state index is 13.4. The fourth-order valence-corrected chi connectivity index (χ4v) is 5.46. The van der Waals surface area contributed by atoms with Crippen molar-refractivity contribution >= 4 is 21.4 Å². The Morgan fingerprint density at radius 2 is 1.71 bits per heavy atom. The molecular weight excluding hydrogens is 374 g/mol. The molecule has 0 N–H and O–H groups in total. The third kappa shape index (κ3) is 2.74. The van der Waals surface area contributed by atoms with Crippen LogP contribution in [-0.2, 0) is 28.4 Å². The van der Waals surface area contributed by atoms with Gasteiger partial charge in [0.2, 0.25) is 0 Å². The number of fused-ring (bicyclic) bond motifs is 2. The number of carbonyl (C=O) groups is 1. The van der Waals surface area contributed by atoms with Crippen molar-refractivity contribution in [3.05, 3.63) is 77.1 Å². The summed E-state index contributed by atoms with van der Waals surface area (Å²) in [5.41, 5.74) is 4.45. The first-order valence-corrected chi connectivity index (χ1v) is 11.1. The van der Waals surface area contributed by atoms with Crippen molar-refractivity contribution in [3.63, 3.8) is 0 Å². The number of aromatic nitrogens is 2. The van der Waals surface area contributed by atoms with Crippen molar-refractivity contribution in [1.82, 2.24) is 9.78 Å². The van der Waals surface area contributed by atoms with Crippen LogP contribution in [0.15, 0.2) is 54.6 Å². The zero-order valence-electron chi connectivity index (χ0n) is 15.2. The molecule has 1 aromatic heterocycles. The third-order valence-corrected chi connectivity index (χ3v) is 6.99. The number of amides is 1. The average molecular weight is 393 g/mol. The predicted octanol–water partition coefficient (Wildman–Crippen LogP) is 2.55. The predicted molar refractivity (Wildman–Crippen MR) is 107 cm³/mol. The van der Waals surface area contributed by atoms with Crippen LogP contribution in [0, 0.1) is 0 Å². The lowest BCUT2D eigenvalue weighted by Gasteiger charge is -2.18. The summed E-state index contributed by atoms with van der Waals surface area (Å²) in [6.45, 7) is 0.581. The van der Waals surface area contributed by atoms with Gasteiger partial charge in [-0.1, -0.05) is 36.4 Å². The summed E-state index contributed by atoms with van der Waals surface area (Å²) in [6, 6.07) is 17.4. The molecule has 2 aliphatic rings. The molecule has 0 fully saturated rings. The maximum Gasteiger partial charge on any atom is 0.279 e. The molecule has 2 aromatic carbocycles. The van der Waals surface area contributed by atoms with E-state index in [4.69, 9.17) is 0 Å². The van der Waals surface area contributed by atoms with Crippen molar-refractivity contribution in [1.29, 1.82) is 0 Å². The van der Waals surface area contributed by atoms with Gasteiger partial charge in [-0.3, -0.25) is 4.79 Å². The number of nitrogens with zero attached hydrogens (tertiary/aromatic N) is 3. The van der Waals surface area contributed by atoms with E-state index < -0.39 is 9.84 Å². The monoisotopic (exact) mass is 393 g/mol. The van der Waals surface area contributed by atoms with E-state index in [2.05, 4.69) is 5.10 Å². The minimum atomic E-state index is -3.23. The Morgan fingerprint density at radius 1 is 0.964 bits per heavy atom. The number of rotatable bonds is 2. The molecule has 5 rings (SSSR count). The molecule has 0 saturated heterocycles. The Morgan fingerprint density at radius 3 is 2.54 bits per heavy atom. The second-order valence-corrected chi connectivity index (χ2v) is 9.38. The molecule has 28 heavy (non-hydrogen) atoms. The molecule has 2 aliphatic heterocycles. The molecule has 6 nitrogen and oxygen atoms in total. The first kappa shape index (κ1) is 17.2. The van der Waals surface area contributed by atoms with Gasteiger partial charge in [-0.05, 0) is 30.2 Å². The molecule has 142 valence electrons. The standard InChI is InChI=1S/C21H19N3O3S/c25-21(23-12-10-15-6-4-5-9-18(15)23)20-17-14-28(26,27)13-11-19(17)24(22-20)16-7-2-1-3-8-16/h1-9H,10-14H2. The van der Waals surface area contributed by atoms with Gasteiger partial charge in [-0.2, -0.15) is 5.10 Å². The molecular formula is C21H19N3O3S. The van der Waals surface area contributed by atoms with Crippen LogP contribution >= 0.6 is 0 Å². The maximum absolute atomic E-state index is 13.4. The first-order valence-electron chi connectivity index (χ1n) is 9.30. The summed E-state index contributed by atoms with van der Waals surface area (Å²) < 4.78 is 26.3. The Kier molecular flexibility index (Phi) is 3.87. The lowest BCUT2D eigenvalue weighted by Crippen LogP contribution is -2.31. The Hall–Kier alpha value is -2.93. The Bertz CT molecular complexity index is 1180. The zero-order valence-corrected chi connectivity index (χ0v) is 16.0. The highest BCUT2D eigenvalue weighted by Crippen LogP contribution is 2.32. The summed E-state index contributed by atoms with van der Waals surface area (Å²) in [5, 5.41) is 4.61. The number of anilines is 1. The lowest BCUT2D eigenvalue weighted by atomic mass is 10.1. The molecule has 0 spiro atoms. The summed E-state index contributed by atoms with van der Waals surface area (Å²) in [4.78, 5) is 15.1. The van der Waals surface area contributed by atoms with E-state index in [0.717, 1.165) is 29.1 Å². The Labute approximate surface area is 163 Å². The van der Waals surface area contributed by atoms with Gasteiger partial charge >= 0.3 is 0 Å². The molecule has 0 saturated carbocycles. The number of para-hydroxylation sites is 2. The van der Waals surface area contributed by atoms with Gasteiger partial charge in [0.25, 0.3) is 5.91 Å². The smallest absolute Gasteiger partial charge is 0.279 e. The molecule has 3 heterocycles. The Balaban J connectivity index is 1.64. The highest BCUT2D eigenvalue weighted by atomic mass is 32.2. The fourth-order valence-electron chi connectivity index (χ4n) is 4.07. The molecule has 0 bridgehead atoms. The number of hydrogen-bond acceptors (Lipinski definition) is 4. The van der Waals surface area contributed by atoms with Gasteiger partial charge in [-0.25, -0.2) is 13.1 Å². The van der Waals surface area contributed by atoms with E-state index in [1.54, 1.807) is 9.58 Å².